The van der Waals surface area contributed by atoms with Crippen LogP contribution in [0.15, 0.2) is 132 Å². The van der Waals surface area contributed by atoms with E-state index in [-0.39, 0.29) is 36.6 Å². The molecule has 2 aromatic carbocycles. The van der Waals surface area contributed by atoms with Gasteiger partial charge in [-0.2, -0.15) is 0 Å². The average molecular weight is 606 g/mol. The second-order valence-corrected chi connectivity index (χ2v) is 13.8. The van der Waals surface area contributed by atoms with E-state index in [0.717, 1.165) is 37.9 Å². The maximum atomic E-state index is 6.68. The molecule has 0 spiro atoms. The molecule has 0 amide bonds. The van der Waals surface area contributed by atoms with E-state index in [1.165, 1.54) is 49.9 Å². The largest absolute Gasteiger partial charge is 0.489 e. The summed E-state index contributed by atoms with van der Waals surface area (Å²) in [5.74, 6) is 3.14. The van der Waals surface area contributed by atoms with Crippen LogP contribution in [0.3, 0.4) is 0 Å². The lowest BCUT2D eigenvalue weighted by Gasteiger charge is -2.43. The van der Waals surface area contributed by atoms with Crippen molar-refractivity contribution < 1.29 is 9.47 Å². The molecule has 8 unspecified atom stereocenters. The van der Waals surface area contributed by atoms with Gasteiger partial charge in [-0.3, -0.25) is 16.0 Å². The number of aryl methyl sites for hydroxylation is 1. The molecule has 0 aromatic heterocycles. The monoisotopic (exact) mass is 605 g/mol. The quantitative estimate of drug-likeness (QED) is 0.342. The minimum absolute atomic E-state index is 0.0216. The number of allylic oxidation sites excluding steroid dienone is 9. The second-order valence-electron chi connectivity index (χ2n) is 13.8. The summed E-state index contributed by atoms with van der Waals surface area (Å²) in [5, 5.41) is 14.5. The Morgan fingerprint density at radius 1 is 0.717 bits per heavy atom. The predicted octanol–water partition coefficient (Wildman–Crippen LogP) is 7.32. The van der Waals surface area contributed by atoms with E-state index in [4.69, 9.17) is 9.47 Å². The van der Waals surface area contributed by atoms with Crippen LogP contribution in [-0.2, 0) is 15.9 Å². The van der Waals surface area contributed by atoms with Gasteiger partial charge in [-0.15, -0.1) is 0 Å². The number of hydrogen-bond donors (Lipinski definition) is 3. The standard InChI is InChI=1S/C41H39N3O2/c1-2-9-25(10-3-1)39-42-40(44-41(43-39)32-14-8-13-30-29-11-4-6-15-33(29)46-38(30)32)27-19-21-28-26(23-27)18-17-24-20-22-35-37(36(24)28)31-12-5-7-16-34(31)45-35/h2,4-13,15-19,21,23,29,31-34,39-44H,1,3,14,20,22H2. The van der Waals surface area contributed by atoms with E-state index in [9.17, 15) is 0 Å². The van der Waals surface area contributed by atoms with Gasteiger partial charge in [0.2, 0.25) is 0 Å². The van der Waals surface area contributed by atoms with E-state index in [0.29, 0.717) is 11.8 Å². The minimum atomic E-state index is -0.0216. The van der Waals surface area contributed by atoms with Gasteiger partial charge in [-0.05, 0) is 76.9 Å². The zero-order chi connectivity index (χ0) is 30.2. The van der Waals surface area contributed by atoms with Crippen LogP contribution in [0.1, 0.15) is 48.5 Å². The van der Waals surface area contributed by atoms with Crippen molar-refractivity contribution >= 4 is 16.3 Å². The normalized spacial score (nSPS) is 34.9. The summed E-state index contributed by atoms with van der Waals surface area (Å²) in [5.41, 5.74) is 8.14. The predicted molar refractivity (Wildman–Crippen MR) is 183 cm³/mol. The van der Waals surface area contributed by atoms with Crippen molar-refractivity contribution in [3.63, 3.8) is 0 Å². The summed E-state index contributed by atoms with van der Waals surface area (Å²) in [7, 11) is 0. The van der Waals surface area contributed by atoms with Crippen molar-refractivity contribution in [1.82, 2.24) is 16.0 Å². The van der Waals surface area contributed by atoms with Crippen LogP contribution in [0.5, 0.6) is 0 Å². The fourth-order valence-corrected chi connectivity index (χ4v) is 8.95. The van der Waals surface area contributed by atoms with Crippen molar-refractivity contribution in [3.8, 4) is 0 Å². The topological polar surface area (TPSA) is 54.5 Å². The fourth-order valence-electron chi connectivity index (χ4n) is 8.95. The van der Waals surface area contributed by atoms with Crippen molar-refractivity contribution in [3.05, 3.63) is 149 Å². The SMILES string of the molecule is C1=CC2OC3=C(C=CCC3C3NC(C4=CCCC=C4)NC(c4ccc5c6c(ccc5c4)CCC4=C6C5C=CC=CC5O4)N3)C2C=C1. The van der Waals surface area contributed by atoms with E-state index in [1.54, 1.807) is 0 Å². The first-order valence-corrected chi connectivity index (χ1v) is 17.2. The van der Waals surface area contributed by atoms with Gasteiger partial charge in [0.15, 0.2) is 0 Å². The highest BCUT2D eigenvalue weighted by atomic mass is 16.5. The Labute approximate surface area is 270 Å². The van der Waals surface area contributed by atoms with E-state index in [2.05, 4.69) is 125 Å². The van der Waals surface area contributed by atoms with E-state index < -0.39 is 0 Å². The third-order valence-electron chi connectivity index (χ3n) is 11.2. The molecule has 10 rings (SSSR count). The molecule has 0 saturated carbocycles. The number of rotatable bonds is 3. The van der Waals surface area contributed by atoms with Crippen LogP contribution in [0.4, 0.5) is 0 Å². The van der Waals surface area contributed by atoms with Crippen molar-refractivity contribution in [2.75, 3.05) is 0 Å². The molecular weight excluding hydrogens is 566 g/mol. The lowest BCUT2D eigenvalue weighted by Crippen LogP contribution is -2.66. The molecule has 3 heterocycles. The molecule has 5 nitrogen and oxygen atoms in total. The highest BCUT2D eigenvalue weighted by Crippen LogP contribution is 2.49. The molecule has 1 fully saturated rings. The highest BCUT2D eigenvalue weighted by Gasteiger charge is 2.43. The molecule has 230 valence electrons. The molecule has 3 aliphatic heterocycles. The highest BCUT2D eigenvalue weighted by molar-refractivity contribution is 5.98. The summed E-state index contributed by atoms with van der Waals surface area (Å²) >= 11 is 0. The zero-order valence-corrected chi connectivity index (χ0v) is 25.9. The van der Waals surface area contributed by atoms with Crippen LogP contribution in [0, 0.1) is 17.8 Å². The number of ether oxygens (including phenoxy) is 2. The van der Waals surface area contributed by atoms with Gasteiger partial charge in [0, 0.05) is 35.3 Å². The van der Waals surface area contributed by atoms with Gasteiger partial charge < -0.3 is 9.47 Å². The molecule has 5 aliphatic carbocycles. The van der Waals surface area contributed by atoms with Gasteiger partial charge in [-0.25, -0.2) is 0 Å². The molecule has 2 aromatic rings. The Kier molecular flexibility index (Phi) is 6.28. The second kappa shape index (κ2) is 10.7. The van der Waals surface area contributed by atoms with E-state index >= 15 is 0 Å². The molecular formula is C41H39N3O2. The first-order chi connectivity index (χ1) is 22.8. The Hall–Kier alpha value is -4.16. The Balaban J connectivity index is 1.01. The Morgan fingerprint density at radius 2 is 1.57 bits per heavy atom. The number of benzene rings is 2. The van der Waals surface area contributed by atoms with Crippen LogP contribution in [0.2, 0.25) is 0 Å². The maximum absolute atomic E-state index is 6.68. The summed E-state index contributed by atoms with van der Waals surface area (Å²) in [6, 6.07) is 11.8. The van der Waals surface area contributed by atoms with E-state index in [1.807, 2.05) is 0 Å². The summed E-state index contributed by atoms with van der Waals surface area (Å²) in [6.45, 7) is 0. The van der Waals surface area contributed by atoms with Gasteiger partial charge in [0.05, 0.1) is 18.5 Å². The molecule has 1 saturated heterocycles. The lowest BCUT2D eigenvalue weighted by atomic mass is 9.79. The fraction of sp³-hybridized carbons (Fsp3) is 0.317. The Bertz CT molecular complexity index is 1920. The van der Waals surface area contributed by atoms with Gasteiger partial charge in [0.25, 0.3) is 0 Å². The first-order valence-electron chi connectivity index (χ1n) is 17.2. The van der Waals surface area contributed by atoms with Gasteiger partial charge >= 0.3 is 0 Å². The van der Waals surface area contributed by atoms with Crippen molar-refractivity contribution in [1.29, 1.82) is 0 Å². The first kappa shape index (κ1) is 27.0. The number of hydrogen-bond acceptors (Lipinski definition) is 5. The smallest absolute Gasteiger partial charge is 0.127 e. The summed E-state index contributed by atoms with van der Waals surface area (Å²) < 4.78 is 13.1. The molecule has 8 aliphatic rings. The van der Waals surface area contributed by atoms with Gasteiger partial charge in [-0.1, -0.05) is 91.1 Å². The zero-order valence-electron chi connectivity index (χ0n) is 25.9. The third-order valence-corrected chi connectivity index (χ3v) is 11.2. The maximum Gasteiger partial charge on any atom is 0.127 e. The van der Waals surface area contributed by atoms with Crippen LogP contribution < -0.4 is 16.0 Å². The summed E-state index contributed by atoms with van der Waals surface area (Å²) in [4.78, 5) is 0. The third kappa shape index (κ3) is 4.26. The summed E-state index contributed by atoms with van der Waals surface area (Å²) in [6.07, 6.45) is 34.6. The number of nitrogens with one attached hydrogen (secondary N) is 3. The molecule has 5 heteroatoms. The van der Waals surface area contributed by atoms with Crippen LogP contribution in [0.25, 0.3) is 16.3 Å². The van der Waals surface area contributed by atoms with Crippen LogP contribution in [-0.4, -0.2) is 24.5 Å². The van der Waals surface area contributed by atoms with Crippen molar-refractivity contribution in [2.45, 2.75) is 62.8 Å². The molecule has 0 bridgehead atoms. The molecule has 0 radical (unpaired) electrons. The molecule has 46 heavy (non-hydrogen) atoms. The average Bonchev–Trinajstić information content (AvgIpc) is 3.70. The minimum Gasteiger partial charge on any atom is -0.489 e. The van der Waals surface area contributed by atoms with Crippen LogP contribution >= 0.6 is 0 Å². The Morgan fingerprint density at radius 3 is 2.46 bits per heavy atom. The molecule has 3 N–H and O–H groups in total. The molecule has 8 atom stereocenters. The number of fused-ring (bicyclic) bond motifs is 8. The lowest BCUT2D eigenvalue weighted by molar-refractivity contribution is 0.103. The van der Waals surface area contributed by atoms with Crippen molar-refractivity contribution in [2.24, 2.45) is 17.8 Å². The van der Waals surface area contributed by atoms with Gasteiger partial charge in [0.1, 0.15) is 23.7 Å².